The standard InChI is InChI=1S/C23H30ClN3O3/c1-17(15-19-5-3-4-10-25-19)27-12-8-20(9-13-27)30-22-7-6-18(16-21(22)24)23(28)26-11-14-29-2/h3-7,10,16-17,20H,8-9,11-15H2,1-2H3,(H,26,28)/t17-/m1/s1. The Morgan fingerprint density at radius 1 is 1.30 bits per heavy atom. The number of ether oxygens (including phenoxy) is 2. The van der Waals surface area contributed by atoms with Crippen LogP contribution in [0.25, 0.3) is 0 Å². The van der Waals surface area contributed by atoms with Gasteiger partial charge in [-0.05, 0) is 50.1 Å². The van der Waals surface area contributed by atoms with Crippen LogP contribution in [-0.2, 0) is 11.2 Å². The van der Waals surface area contributed by atoms with E-state index >= 15 is 0 Å². The quantitative estimate of drug-likeness (QED) is 0.615. The summed E-state index contributed by atoms with van der Waals surface area (Å²) < 4.78 is 11.1. The summed E-state index contributed by atoms with van der Waals surface area (Å²) >= 11 is 6.38. The Labute approximate surface area is 183 Å². The van der Waals surface area contributed by atoms with Crippen molar-refractivity contribution in [2.45, 2.75) is 38.3 Å². The van der Waals surface area contributed by atoms with Crippen molar-refractivity contribution in [2.75, 3.05) is 33.4 Å². The van der Waals surface area contributed by atoms with E-state index in [0.717, 1.165) is 38.0 Å². The number of rotatable bonds is 9. The number of amides is 1. The van der Waals surface area contributed by atoms with Gasteiger partial charge in [0.25, 0.3) is 5.91 Å². The molecule has 1 aliphatic rings. The predicted octanol–water partition coefficient (Wildman–Crippen LogP) is 3.59. The summed E-state index contributed by atoms with van der Waals surface area (Å²) in [4.78, 5) is 19.1. The Hall–Kier alpha value is -2.15. The first-order valence-electron chi connectivity index (χ1n) is 10.4. The van der Waals surface area contributed by atoms with Crippen LogP contribution in [0.3, 0.4) is 0 Å². The molecule has 1 aliphatic heterocycles. The number of methoxy groups -OCH3 is 1. The third-order valence-corrected chi connectivity index (χ3v) is 5.71. The lowest BCUT2D eigenvalue weighted by Crippen LogP contribution is -2.43. The molecule has 0 radical (unpaired) electrons. The molecule has 0 unspecified atom stereocenters. The number of aromatic nitrogens is 1. The molecule has 6 nitrogen and oxygen atoms in total. The molecule has 162 valence electrons. The van der Waals surface area contributed by atoms with E-state index < -0.39 is 0 Å². The van der Waals surface area contributed by atoms with Crippen molar-refractivity contribution >= 4 is 17.5 Å². The number of likely N-dealkylation sites (tertiary alicyclic amines) is 1. The van der Waals surface area contributed by atoms with Crippen LogP contribution in [0.5, 0.6) is 5.75 Å². The number of hydrogen-bond acceptors (Lipinski definition) is 5. The number of benzene rings is 1. The van der Waals surface area contributed by atoms with Crippen LogP contribution in [0.4, 0.5) is 0 Å². The number of nitrogens with one attached hydrogen (secondary N) is 1. The second kappa shape index (κ2) is 11.3. The van der Waals surface area contributed by atoms with Gasteiger partial charge in [-0.3, -0.25) is 14.7 Å². The van der Waals surface area contributed by atoms with Crippen molar-refractivity contribution in [2.24, 2.45) is 0 Å². The summed E-state index contributed by atoms with van der Waals surface area (Å²) in [6.07, 6.45) is 4.82. The fourth-order valence-electron chi connectivity index (χ4n) is 3.67. The van der Waals surface area contributed by atoms with Gasteiger partial charge in [0.2, 0.25) is 0 Å². The van der Waals surface area contributed by atoms with E-state index in [2.05, 4.69) is 28.2 Å². The highest BCUT2D eigenvalue weighted by Gasteiger charge is 2.24. The Morgan fingerprint density at radius 3 is 2.77 bits per heavy atom. The molecular formula is C23H30ClN3O3. The fraction of sp³-hybridized carbons (Fsp3) is 0.478. The number of halogens is 1. The van der Waals surface area contributed by atoms with Crippen molar-refractivity contribution in [3.8, 4) is 5.75 Å². The number of hydrogen-bond donors (Lipinski definition) is 1. The topological polar surface area (TPSA) is 63.7 Å². The van der Waals surface area contributed by atoms with Crippen molar-refractivity contribution in [3.05, 3.63) is 58.9 Å². The molecule has 0 spiro atoms. The van der Waals surface area contributed by atoms with E-state index in [1.165, 1.54) is 0 Å². The highest BCUT2D eigenvalue weighted by Crippen LogP contribution is 2.29. The molecule has 30 heavy (non-hydrogen) atoms. The molecule has 2 heterocycles. The normalized spacial score (nSPS) is 16.2. The summed E-state index contributed by atoms with van der Waals surface area (Å²) in [5.74, 6) is 0.459. The molecule has 1 saturated heterocycles. The molecule has 1 aromatic carbocycles. The highest BCUT2D eigenvalue weighted by atomic mass is 35.5. The Bertz CT molecular complexity index is 811. The monoisotopic (exact) mass is 431 g/mol. The van der Waals surface area contributed by atoms with E-state index in [1.807, 2.05) is 18.3 Å². The molecule has 2 aromatic rings. The number of carbonyl (C=O) groups excluding carboxylic acids is 1. The lowest BCUT2D eigenvalue weighted by atomic mass is 10.0. The highest BCUT2D eigenvalue weighted by molar-refractivity contribution is 6.32. The first-order valence-corrected chi connectivity index (χ1v) is 10.8. The summed E-state index contributed by atoms with van der Waals surface area (Å²) in [6, 6.07) is 11.7. The molecular weight excluding hydrogens is 402 g/mol. The van der Waals surface area contributed by atoms with E-state index in [4.69, 9.17) is 21.1 Å². The zero-order chi connectivity index (χ0) is 21.3. The smallest absolute Gasteiger partial charge is 0.251 e. The van der Waals surface area contributed by atoms with Crippen LogP contribution in [0.15, 0.2) is 42.6 Å². The van der Waals surface area contributed by atoms with Gasteiger partial charge in [0.05, 0.1) is 11.6 Å². The Kier molecular flexibility index (Phi) is 8.49. The van der Waals surface area contributed by atoms with Crippen LogP contribution < -0.4 is 10.1 Å². The van der Waals surface area contributed by atoms with Crippen LogP contribution in [-0.4, -0.2) is 61.3 Å². The van der Waals surface area contributed by atoms with Crippen molar-refractivity contribution in [1.29, 1.82) is 0 Å². The fourth-order valence-corrected chi connectivity index (χ4v) is 3.90. The molecule has 1 fully saturated rings. The predicted molar refractivity (Wildman–Crippen MR) is 118 cm³/mol. The maximum absolute atomic E-state index is 12.1. The Morgan fingerprint density at radius 2 is 2.10 bits per heavy atom. The maximum atomic E-state index is 12.1. The van der Waals surface area contributed by atoms with Crippen LogP contribution in [0, 0.1) is 0 Å². The second-order valence-corrected chi connectivity index (χ2v) is 8.03. The molecule has 1 amide bonds. The summed E-state index contributed by atoms with van der Waals surface area (Å²) in [5, 5.41) is 3.25. The van der Waals surface area contributed by atoms with Gasteiger partial charge in [-0.25, -0.2) is 0 Å². The average molecular weight is 432 g/mol. The molecule has 1 N–H and O–H groups in total. The third-order valence-electron chi connectivity index (χ3n) is 5.41. The minimum Gasteiger partial charge on any atom is -0.489 e. The first kappa shape index (κ1) is 22.5. The van der Waals surface area contributed by atoms with Gasteiger partial charge in [-0.2, -0.15) is 0 Å². The zero-order valence-corrected chi connectivity index (χ0v) is 18.4. The molecule has 3 rings (SSSR count). The van der Waals surface area contributed by atoms with Crippen molar-refractivity contribution in [1.82, 2.24) is 15.2 Å². The van der Waals surface area contributed by atoms with Crippen LogP contribution >= 0.6 is 11.6 Å². The molecule has 0 saturated carbocycles. The molecule has 1 atom stereocenters. The first-order chi connectivity index (χ1) is 14.6. The van der Waals surface area contributed by atoms with E-state index in [0.29, 0.717) is 35.5 Å². The van der Waals surface area contributed by atoms with Crippen LogP contribution in [0.1, 0.15) is 35.8 Å². The third kappa shape index (κ3) is 6.42. The van der Waals surface area contributed by atoms with Crippen molar-refractivity contribution < 1.29 is 14.3 Å². The lowest BCUT2D eigenvalue weighted by Gasteiger charge is -2.36. The molecule has 0 aliphatic carbocycles. The van der Waals surface area contributed by atoms with Gasteiger partial charge in [0.1, 0.15) is 11.9 Å². The van der Waals surface area contributed by atoms with E-state index in [9.17, 15) is 4.79 Å². The Balaban J connectivity index is 1.48. The van der Waals surface area contributed by atoms with Gasteiger partial charge in [-0.1, -0.05) is 17.7 Å². The lowest BCUT2D eigenvalue weighted by molar-refractivity contribution is 0.0797. The molecule has 7 heteroatoms. The van der Waals surface area contributed by atoms with E-state index in [1.54, 1.807) is 25.3 Å². The summed E-state index contributed by atoms with van der Waals surface area (Å²) in [7, 11) is 1.60. The number of piperidine rings is 1. The summed E-state index contributed by atoms with van der Waals surface area (Å²) in [6.45, 7) is 5.15. The zero-order valence-electron chi connectivity index (χ0n) is 17.6. The second-order valence-electron chi connectivity index (χ2n) is 7.62. The van der Waals surface area contributed by atoms with Gasteiger partial charge >= 0.3 is 0 Å². The number of carbonyl (C=O) groups is 1. The molecule has 0 bridgehead atoms. The SMILES string of the molecule is COCCNC(=O)c1ccc(OC2CCN([C@H](C)Cc3ccccn3)CC2)c(Cl)c1. The molecule has 1 aromatic heterocycles. The van der Waals surface area contributed by atoms with Gasteiger partial charge < -0.3 is 14.8 Å². The van der Waals surface area contributed by atoms with Gasteiger partial charge in [0.15, 0.2) is 0 Å². The largest absolute Gasteiger partial charge is 0.489 e. The minimum atomic E-state index is -0.171. The number of pyridine rings is 1. The van der Waals surface area contributed by atoms with Crippen molar-refractivity contribution in [3.63, 3.8) is 0 Å². The van der Waals surface area contributed by atoms with Gasteiger partial charge in [0, 0.05) is 56.7 Å². The van der Waals surface area contributed by atoms with Gasteiger partial charge in [-0.15, -0.1) is 0 Å². The summed E-state index contributed by atoms with van der Waals surface area (Å²) in [5.41, 5.74) is 1.64. The maximum Gasteiger partial charge on any atom is 0.251 e. The van der Waals surface area contributed by atoms with E-state index in [-0.39, 0.29) is 12.0 Å². The van der Waals surface area contributed by atoms with Crippen LogP contribution in [0.2, 0.25) is 5.02 Å². The minimum absolute atomic E-state index is 0.127. The average Bonchev–Trinajstić information content (AvgIpc) is 2.76. The number of nitrogens with zero attached hydrogens (tertiary/aromatic N) is 2.